The third-order valence-corrected chi connectivity index (χ3v) is 3.66. The molecule has 3 aromatic rings. The topological polar surface area (TPSA) is 64.2 Å². The summed E-state index contributed by atoms with van der Waals surface area (Å²) >= 11 is 0. The van der Waals surface area contributed by atoms with Crippen LogP contribution in [-0.4, -0.2) is 10.5 Å². The molecule has 1 N–H and O–H groups in total. The van der Waals surface area contributed by atoms with E-state index in [4.69, 9.17) is 4.42 Å². The molecule has 122 valence electrons. The number of rotatable bonds is 4. The summed E-state index contributed by atoms with van der Waals surface area (Å²) in [7, 11) is 0. The lowest BCUT2D eigenvalue weighted by atomic mass is 10.1. The largest absolute Gasteiger partial charge is 0.419 e. The van der Waals surface area contributed by atoms with Crippen LogP contribution in [0.1, 0.15) is 11.1 Å². The van der Waals surface area contributed by atoms with E-state index < -0.39 is 5.76 Å². The van der Waals surface area contributed by atoms with Crippen LogP contribution in [0.3, 0.4) is 0 Å². The first kappa shape index (κ1) is 15.8. The van der Waals surface area contributed by atoms with Crippen LogP contribution < -0.4 is 11.1 Å². The van der Waals surface area contributed by atoms with Crippen molar-refractivity contribution in [2.75, 3.05) is 5.32 Å². The van der Waals surface area contributed by atoms with Crippen LogP contribution in [0.25, 0.3) is 11.3 Å². The summed E-state index contributed by atoms with van der Waals surface area (Å²) in [6, 6.07) is 15.1. The number of hydrogen-bond acceptors (Lipinski definition) is 3. The van der Waals surface area contributed by atoms with E-state index in [1.807, 2.05) is 56.3 Å². The van der Waals surface area contributed by atoms with E-state index in [2.05, 4.69) is 5.32 Å². The van der Waals surface area contributed by atoms with Crippen molar-refractivity contribution < 1.29 is 9.21 Å². The molecule has 0 saturated heterocycles. The van der Waals surface area contributed by atoms with Gasteiger partial charge in [0.25, 0.3) is 0 Å². The zero-order chi connectivity index (χ0) is 17.1. The van der Waals surface area contributed by atoms with Gasteiger partial charge in [-0.15, -0.1) is 0 Å². The average Bonchev–Trinajstić information content (AvgIpc) is 2.89. The first-order chi connectivity index (χ1) is 11.5. The van der Waals surface area contributed by atoms with E-state index >= 15 is 0 Å². The third-order valence-electron chi connectivity index (χ3n) is 3.66. The molecule has 24 heavy (non-hydrogen) atoms. The number of carbonyl (C=O) groups is 1. The van der Waals surface area contributed by atoms with Gasteiger partial charge in [-0.2, -0.15) is 0 Å². The fourth-order valence-electron chi connectivity index (χ4n) is 2.41. The molecule has 0 aliphatic heterocycles. The Morgan fingerprint density at radius 2 is 1.83 bits per heavy atom. The van der Waals surface area contributed by atoms with Crippen LogP contribution in [0.4, 0.5) is 5.69 Å². The zero-order valence-electron chi connectivity index (χ0n) is 13.6. The maximum Gasteiger partial charge on any atom is 0.419 e. The summed E-state index contributed by atoms with van der Waals surface area (Å²) in [5.74, 6) is -0.382. The van der Waals surface area contributed by atoms with Gasteiger partial charge in [0.15, 0.2) is 5.76 Å². The minimum absolute atomic E-state index is 0.0951. The number of hydrogen-bond donors (Lipinski definition) is 1. The Morgan fingerprint density at radius 3 is 2.54 bits per heavy atom. The van der Waals surface area contributed by atoms with Crippen LogP contribution in [0.5, 0.6) is 0 Å². The van der Waals surface area contributed by atoms with Gasteiger partial charge in [0, 0.05) is 11.3 Å². The van der Waals surface area contributed by atoms with Crippen molar-refractivity contribution in [2.24, 2.45) is 0 Å². The molecule has 0 unspecified atom stereocenters. The van der Waals surface area contributed by atoms with E-state index in [1.165, 1.54) is 4.57 Å². The molecule has 0 saturated carbocycles. The van der Waals surface area contributed by atoms with Crippen molar-refractivity contribution in [3.05, 3.63) is 76.4 Å². The Bertz CT molecular complexity index is 920. The van der Waals surface area contributed by atoms with Crippen LogP contribution in [0, 0.1) is 13.8 Å². The standard InChI is InChI=1S/C19H18N2O3/c1-13-6-8-15(9-7-13)17-11-21(19(23)24-17)12-18(22)20-16-5-3-4-14(2)10-16/h3-11H,12H2,1-2H3,(H,20,22). The molecular weight excluding hydrogens is 304 g/mol. The fourth-order valence-corrected chi connectivity index (χ4v) is 2.41. The molecule has 0 atom stereocenters. The van der Waals surface area contributed by atoms with Crippen LogP contribution >= 0.6 is 0 Å². The molecule has 0 spiro atoms. The molecule has 0 aliphatic rings. The Kier molecular flexibility index (Phi) is 4.33. The molecule has 0 aliphatic carbocycles. The number of anilines is 1. The number of aryl methyl sites for hydroxylation is 2. The number of aromatic nitrogens is 1. The minimum Gasteiger partial charge on any atom is -0.408 e. The number of carbonyl (C=O) groups excluding carboxylic acids is 1. The molecule has 0 fully saturated rings. The van der Waals surface area contributed by atoms with Gasteiger partial charge >= 0.3 is 5.76 Å². The molecule has 1 amide bonds. The number of amides is 1. The predicted molar refractivity (Wildman–Crippen MR) is 92.9 cm³/mol. The highest BCUT2D eigenvalue weighted by Gasteiger charge is 2.11. The van der Waals surface area contributed by atoms with Crippen molar-refractivity contribution in [3.63, 3.8) is 0 Å². The fraction of sp³-hybridized carbons (Fsp3) is 0.158. The Hall–Kier alpha value is -3.08. The van der Waals surface area contributed by atoms with E-state index in [-0.39, 0.29) is 12.5 Å². The Labute approximate surface area is 139 Å². The molecule has 2 aromatic carbocycles. The smallest absolute Gasteiger partial charge is 0.408 e. The second-order valence-electron chi connectivity index (χ2n) is 5.77. The highest BCUT2D eigenvalue weighted by atomic mass is 16.4. The molecular formula is C19H18N2O3. The highest BCUT2D eigenvalue weighted by Crippen LogP contribution is 2.18. The SMILES string of the molecule is Cc1ccc(-c2cn(CC(=O)Nc3cccc(C)c3)c(=O)o2)cc1. The van der Waals surface area contributed by atoms with Gasteiger partial charge in [-0.1, -0.05) is 42.0 Å². The van der Waals surface area contributed by atoms with E-state index in [9.17, 15) is 9.59 Å². The van der Waals surface area contributed by atoms with Gasteiger partial charge in [0.1, 0.15) is 6.54 Å². The van der Waals surface area contributed by atoms with E-state index in [1.54, 1.807) is 12.3 Å². The minimum atomic E-state index is -0.551. The monoisotopic (exact) mass is 322 g/mol. The number of nitrogens with one attached hydrogen (secondary N) is 1. The van der Waals surface area contributed by atoms with Crippen molar-refractivity contribution in [2.45, 2.75) is 20.4 Å². The molecule has 1 aromatic heterocycles. The Balaban J connectivity index is 1.74. The number of nitrogens with zero attached hydrogens (tertiary/aromatic N) is 1. The molecule has 0 bridgehead atoms. The lowest BCUT2D eigenvalue weighted by molar-refractivity contribution is -0.116. The first-order valence-corrected chi connectivity index (χ1v) is 7.65. The predicted octanol–water partition coefficient (Wildman–Crippen LogP) is 3.36. The summed E-state index contributed by atoms with van der Waals surface area (Å²) in [6.07, 6.45) is 1.56. The lowest BCUT2D eigenvalue weighted by Gasteiger charge is -2.05. The van der Waals surface area contributed by atoms with E-state index in [0.717, 1.165) is 16.7 Å². The molecule has 3 rings (SSSR count). The van der Waals surface area contributed by atoms with Crippen molar-refractivity contribution >= 4 is 11.6 Å². The summed E-state index contributed by atoms with van der Waals surface area (Å²) in [6.45, 7) is 3.84. The lowest BCUT2D eigenvalue weighted by Crippen LogP contribution is -2.24. The van der Waals surface area contributed by atoms with Crippen molar-refractivity contribution in [3.8, 4) is 11.3 Å². The zero-order valence-corrected chi connectivity index (χ0v) is 13.6. The summed E-state index contributed by atoms with van der Waals surface area (Å²) < 4.78 is 6.50. The van der Waals surface area contributed by atoms with E-state index in [0.29, 0.717) is 11.4 Å². The normalized spacial score (nSPS) is 10.6. The number of oxazole rings is 1. The molecule has 5 heteroatoms. The third kappa shape index (κ3) is 3.63. The first-order valence-electron chi connectivity index (χ1n) is 7.65. The van der Waals surface area contributed by atoms with Crippen LogP contribution in [-0.2, 0) is 11.3 Å². The van der Waals surface area contributed by atoms with Gasteiger partial charge in [-0.05, 0) is 31.5 Å². The van der Waals surface area contributed by atoms with Gasteiger partial charge in [0.2, 0.25) is 5.91 Å². The van der Waals surface area contributed by atoms with Gasteiger partial charge < -0.3 is 9.73 Å². The van der Waals surface area contributed by atoms with Crippen molar-refractivity contribution in [1.29, 1.82) is 0 Å². The maximum absolute atomic E-state index is 12.1. The molecule has 1 heterocycles. The quantitative estimate of drug-likeness (QED) is 0.801. The maximum atomic E-state index is 12.1. The van der Waals surface area contributed by atoms with Crippen LogP contribution in [0.15, 0.2) is 63.9 Å². The highest BCUT2D eigenvalue weighted by molar-refractivity contribution is 5.90. The Morgan fingerprint density at radius 1 is 1.08 bits per heavy atom. The summed E-state index contributed by atoms with van der Waals surface area (Å²) in [4.78, 5) is 24.1. The number of benzene rings is 2. The molecule has 5 nitrogen and oxygen atoms in total. The van der Waals surface area contributed by atoms with Gasteiger partial charge in [-0.25, -0.2) is 4.79 Å². The molecule has 0 radical (unpaired) electrons. The van der Waals surface area contributed by atoms with Crippen LogP contribution in [0.2, 0.25) is 0 Å². The van der Waals surface area contributed by atoms with Crippen molar-refractivity contribution in [1.82, 2.24) is 4.57 Å². The summed E-state index contributed by atoms with van der Waals surface area (Å²) in [5.41, 5.74) is 3.68. The second-order valence-corrected chi connectivity index (χ2v) is 5.77. The van der Waals surface area contributed by atoms with Gasteiger partial charge in [0.05, 0.1) is 6.20 Å². The summed E-state index contributed by atoms with van der Waals surface area (Å²) in [5, 5.41) is 2.77. The average molecular weight is 322 g/mol. The second kappa shape index (κ2) is 6.58. The van der Waals surface area contributed by atoms with Gasteiger partial charge in [-0.3, -0.25) is 9.36 Å².